The van der Waals surface area contributed by atoms with Gasteiger partial charge in [-0.05, 0) is 85.9 Å². The van der Waals surface area contributed by atoms with Gasteiger partial charge in [0.2, 0.25) is 0 Å². The number of pyridine rings is 1. The zero-order chi connectivity index (χ0) is 23.8. The number of carbonyl (C=O) groups is 1. The zero-order valence-corrected chi connectivity index (χ0v) is 19.5. The van der Waals surface area contributed by atoms with Crippen molar-refractivity contribution in [3.63, 3.8) is 0 Å². The lowest BCUT2D eigenvalue weighted by Gasteiger charge is -2.37. The molecule has 0 bridgehead atoms. The number of piperidine rings is 1. The van der Waals surface area contributed by atoms with Crippen molar-refractivity contribution in [2.45, 2.75) is 32.1 Å². The second-order valence-corrected chi connectivity index (χ2v) is 8.78. The summed E-state index contributed by atoms with van der Waals surface area (Å²) in [4.78, 5) is 26.3. The second-order valence-electron chi connectivity index (χ2n) is 8.78. The first-order chi connectivity index (χ1) is 16.6. The Balaban J connectivity index is 1.35. The van der Waals surface area contributed by atoms with Crippen LogP contribution in [0.3, 0.4) is 0 Å². The number of hydrogen-bond donors (Lipinski definition) is 1. The van der Waals surface area contributed by atoms with E-state index in [0.717, 1.165) is 55.4 Å². The number of ether oxygens (including phenoxy) is 1. The number of rotatable bonds is 8. The number of carboxylic acids is 1. The van der Waals surface area contributed by atoms with Crippen LogP contribution in [-0.4, -0.2) is 57.7 Å². The summed E-state index contributed by atoms with van der Waals surface area (Å²) in [7, 11) is 1.67. The summed E-state index contributed by atoms with van der Waals surface area (Å²) in [6.45, 7) is 2.33. The fourth-order valence-electron chi connectivity index (χ4n) is 4.82. The normalized spacial score (nSPS) is 18.3. The summed E-state index contributed by atoms with van der Waals surface area (Å²) in [5, 5.41) is 10.6. The highest BCUT2D eigenvalue weighted by Crippen LogP contribution is 2.31. The summed E-state index contributed by atoms with van der Waals surface area (Å²) in [6, 6.07) is 9.83. The van der Waals surface area contributed by atoms with E-state index in [2.05, 4.69) is 37.8 Å². The number of aryl methyl sites for hydroxylation is 1. The van der Waals surface area contributed by atoms with Crippen LogP contribution >= 0.6 is 0 Å². The topological polar surface area (TPSA) is 88.4 Å². The predicted molar refractivity (Wildman–Crippen MR) is 130 cm³/mol. The third-order valence-corrected chi connectivity index (χ3v) is 6.57. The molecule has 34 heavy (non-hydrogen) atoms. The van der Waals surface area contributed by atoms with Gasteiger partial charge in [-0.1, -0.05) is 5.92 Å². The molecule has 1 saturated heterocycles. The molecule has 7 heteroatoms. The van der Waals surface area contributed by atoms with Gasteiger partial charge in [0.1, 0.15) is 17.8 Å². The average Bonchev–Trinajstić information content (AvgIpc) is 2.85. The third-order valence-electron chi connectivity index (χ3n) is 6.57. The van der Waals surface area contributed by atoms with Crippen LogP contribution in [0.4, 0.5) is 0 Å². The SMILES string of the molecule is COc1ccc2nccc(CCC[C@@H]3CCN(CC#Cc4ccncn4)C[C@@H]3CC(=O)O)c2c1. The molecule has 2 atom stereocenters. The molecule has 4 rings (SSSR count). The van der Waals surface area contributed by atoms with Crippen LogP contribution in [0.1, 0.15) is 36.9 Å². The minimum absolute atomic E-state index is 0.140. The average molecular weight is 459 g/mol. The first kappa shape index (κ1) is 23.7. The van der Waals surface area contributed by atoms with Gasteiger partial charge in [0.15, 0.2) is 0 Å². The Kier molecular flexibility index (Phi) is 8.05. The standard InChI is InChI=1S/C27H30N4O3/c1-34-24-7-8-26-25(17-24)21(9-13-29-26)5-2-4-20-11-15-31(18-22(20)16-27(32)33)14-3-6-23-10-12-28-19-30-23/h7-10,12-13,17,19-20,22H,2,4-5,11,14-16,18H2,1H3,(H,32,33)/t20-,22+/m1/s1. The molecule has 0 radical (unpaired) electrons. The summed E-state index contributed by atoms with van der Waals surface area (Å²) in [5.41, 5.74) is 2.93. The molecule has 3 aromatic rings. The van der Waals surface area contributed by atoms with E-state index in [1.807, 2.05) is 24.4 Å². The number of nitrogens with zero attached hydrogens (tertiary/aromatic N) is 4. The molecule has 0 aliphatic carbocycles. The molecule has 1 aromatic carbocycles. The van der Waals surface area contributed by atoms with Crippen LogP contribution in [0, 0.1) is 23.7 Å². The maximum Gasteiger partial charge on any atom is 0.303 e. The van der Waals surface area contributed by atoms with E-state index in [-0.39, 0.29) is 12.3 Å². The van der Waals surface area contributed by atoms with Gasteiger partial charge in [0.05, 0.1) is 19.2 Å². The minimum atomic E-state index is -0.726. The Labute approximate surface area is 200 Å². The first-order valence-electron chi connectivity index (χ1n) is 11.7. The van der Waals surface area contributed by atoms with Gasteiger partial charge in [0.25, 0.3) is 0 Å². The molecule has 0 amide bonds. The molecule has 1 aliphatic rings. The summed E-state index contributed by atoms with van der Waals surface area (Å²) < 4.78 is 5.39. The Bertz CT molecular complexity index is 1170. The highest BCUT2D eigenvalue weighted by atomic mass is 16.5. The number of fused-ring (bicyclic) bond motifs is 1. The van der Waals surface area contributed by atoms with E-state index in [4.69, 9.17) is 4.74 Å². The highest BCUT2D eigenvalue weighted by molar-refractivity contribution is 5.83. The Hall–Kier alpha value is -3.50. The van der Waals surface area contributed by atoms with Crippen LogP contribution in [0.25, 0.3) is 10.9 Å². The summed E-state index contributed by atoms with van der Waals surface area (Å²) in [5.74, 6) is 6.89. The molecule has 1 N–H and O–H groups in total. The molecular weight excluding hydrogens is 428 g/mol. The second kappa shape index (κ2) is 11.6. The molecule has 7 nitrogen and oxygen atoms in total. The van der Waals surface area contributed by atoms with Crippen molar-refractivity contribution in [3.8, 4) is 17.6 Å². The van der Waals surface area contributed by atoms with E-state index in [9.17, 15) is 9.90 Å². The molecule has 1 aliphatic heterocycles. The molecule has 0 saturated carbocycles. The maximum atomic E-state index is 11.5. The number of benzene rings is 1. The van der Waals surface area contributed by atoms with Crippen molar-refractivity contribution in [1.82, 2.24) is 19.9 Å². The molecule has 3 heterocycles. The number of likely N-dealkylation sites (tertiary alicyclic amines) is 1. The first-order valence-corrected chi connectivity index (χ1v) is 11.7. The lowest BCUT2D eigenvalue weighted by molar-refractivity contribution is -0.139. The van der Waals surface area contributed by atoms with Gasteiger partial charge in [0, 0.05) is 30.7 Å². The fraction of sp³-hybridized carbons (Fsp3) is 0.407. The van der Waals surface area contributed by atoms with E-state index in [1.54, 1.807) is 19.4 Å². The number of aromatic nitrogens is 3. The maximum absolute atomic E-state index is 11.5. The van der Waals surface area contributed by atoms with E-state index in [0.29, 0.717) is 18.2 Å². The van der Waals surface area contributed by atoms with Gasteiger partial charge in [-0.15, -0.1) is 0 Å². The molecule has 0 spiro atoms. The molecule has 2 aromatic heterocycles. The van der Waals surface area contributed by atoms with Crippen LogP contribution in [0.2, 0.25) is 0 Å². The van der Waals surface area contributed by atoms with Crippen LogP contribution in [0.15, 0.2) is 49.1 Å². The number of aliphatic carboxylic acids is 1. The van der Waals surface area contributed by atoms with E-state index in [1.165, 1.54) is 11.9 Å². The van der Waals surface area contributed by atoms with E-state index < -0.39 is 5.97 Å². The summed E-state index contributed by atoms with van der Waals surface area (Å²) >= 11 is 0. The zero-order valence-electron chi connectivity index (χ0n) is 19.5. The lowest BCUT2D eigenvalue weighted by atomic mass is 9.80. The van der Waals surface area contributed by atoms with Gasteiger partial charge in [-0.3, -0.25) is 14.7 Å². The van der Waals surface area contributed by atoms with Crippen molar-refractivity contribution in [2.75, 3.05) is 26.7 Å². The van der Waals surface area contributed by atoms with Crippen molar-refractivity contribution in [1.29, 1.82) is 0 Å². The van der Waals surface area contributed by atoms with Crippen LogP contribution in [0.5, 0.6) is 5.75 Å². The van der Waals surface area contributed by atoms with Gasteiger partial charge < -0.3 is 9.84 Å². The van der Waals surface area contributed by atoms with Gasteiger partial charge in [-0.25, -0.2) is 9.97 Å². The number of carboxylic acid groups (broad SMARTS) is 1. The molecular formula is C27H30N4O3. The quantitative estimate of drug-likeness (QED) is 0.513. The lowest BCUT2D eigenvalue weighted by Crippen LogP contribution is -2.41. The minimum Gasteiger partial charge on any atom is -0.497 e. The smallest absolute Gasteiger partial charge is 0.303 e. The molecule has 0 unspecified atom stereocenters. The fourth-order valence-corrected chi connectivity index (χ4v) is 4.82. The van der Waals surface area contributed by atoms with Crippen LogP contribution in [-0.2, 0) is 11.2 Å². The van der Waals surface area contributed by atoms with Crippen molar-refractivity contribution in [3.05, 3.63) is 60.3 Å². The van der Waals surface area contributed by atoms with E-state index >= 15 is 0 Å². The monoisotopic (exact) mass is 458 g/mol. The number of hydrogen-bond acceptors (Lipinski definition) is 6. The molecule has 176 valence electrons. The number of methoxy groups -OCH3 is 1. The largest absolute Gasteiger partial charge is 0.497 e. The Morgan fingerprint density at radius 3 is 2.91 bits per heavy atom. The van der Waals surface area contributed by atoms with Crippen molar-refractivity contribution in [2.24, 2.45) is 11.8 Å². The molecule has 1 fully saturated rings. The highest BCUT2D eigenvalue weighted by Gasteiger charge is 2.30. The Morgan fingerprint density at radius 1 is 1.21 bits per heavy atom. The van der Waals surface area contributed by atoms with Crippen molar-refractivity contribution < 1.29 is 14.6 Å². The third kappa shape index (κ3) is 6.30. The van der Waals surface area contributed by atoms with Gasteiger partial charge in [-0.2, -0.15) is 0 Å². The Morgan fingerprint density at radius 2 is 2.12 bits per heavy atom. The predicted octanol–water partition coefficient (Wildman–Crippen LogP) is 3.82. The van der Waals surface area contributed by atoms with Crippen LogP contribution < -0.4 is 4.74 Å². The van der Waals surface area contributed by atoms with Crippen molar-refractivity contribution >= 4 is 16.9 Å². The van der Waals surface area contributed by atoms with Gasteiger partial charge >= 0.3 is 5.97 Å². The summed E-state index contributed by atoms with van der Waals surface area (Å²) in [6.07, 6.45) is 9.21.